The van der Waals surface area contributed by atoms with E-state index in [0.717, 1.165) is 21.1 Å². The maximum absolute atomic E-state index is 12.5. The molecule has 0 aliphatic carbocycles. The Bertz CT molecular complexity index is 1160. The van der Waals surface area contributed by atoms with E-state index in [1.165, 1.54) is 6.33 Å². The van der Waals surface area contributed by atoms with Crippen molar-refractivity contribution in [3.63, 3.8) is 0 Å². The van der Waals surface area contributed by atoms with Crippen LogP contribution in [0.15, 0.2) is 53.3 Å². The van der Waals surface area contributed by atoms with Crippen molar-refractivity contribution in [2.24, 2.45) is 0 Å². The van der Waals surface area contributed by atoms with Crippen LogP contribution < -0.4 is 10.6 Å². The third-order valence-electron chi connectivity index (χ3n) is 5.01. The summed E-state index contributed by atoms with van der Waals surface area (Å²) in [5, 5.41) is 6.98. The van der Waals surface area contributed by atoms with E-state index in [1.807, 2.05) is 49.4 Å². The molecule has 1 amide bonds. The molecule has 32 heavy (non-hydrogen) atoms. The second-order valence-electron chi connectivity index (χ2n) is 8.12. The number of fused-ring (bicyclic) bond motifs is 1. The Labute approximate surface area is 198 Å². The predicted molar refractivity (Wildman–Crippen MR) is 135 cm³/mol. The van der Waals surface area contributed by atoms with Crippen molar-refractivity contribution in [2.75, 3.05) is 10.6 Å². The van der Waals surface area contributed by atoms with Crippen LogP contribution in [0.1, 0.15) is 34.6 Å². The molecule has 2 aromatic carbocycles. The Morgan fingerprint density at radius 3 is 2.44 bits per heavy atom. The van der Waals surface area contributed by atoms with E-state index < -0.39 is 0 Å². The zero-order valence-corrected chi connectivity index (χ0v) is 20.6. The lowest BCUT2D eigenvalue weighted by Crippen LogP contribution is -2.43. The average Bonchev–Trinajstić information content (AvgIpc) is 2.72. The molecule has 3 rings (SSSR count). The summed E-state index contributed by atoms with van der Waals surface area (Å²) in [6.07, 6.45) is 1.52. The van der Waals surface area contributed by atoms with Crippen LogP contribution in [-0.2, 0) is 4.79 Å². The summed E-state index contributed by atoms with van der Waals surface area (Å²) in [5.74, 6) is 6.13. The molecule has 0 aliphatic rings. The number of carbonyl (C=O) groups excluding carboxylic acids is 1. The van der Waals surface area contributed by atoms with Gasteiger partial charge in [-0.15, -0.1) is 0 Å². The number of rotatable bonds is 6. The van der Waals surface area contributed by atoms with E-state index in [0.29, 0.717) is 23.6 Å². The van der Waals surface area contributed by atoms with Gasteiger partial charge < -0.3 is 10.6 Å². The van der Waals surface area contributed by atoms with Gasteiger partial charge in [0.1, 0.15) is 12.1 Å². The minimum Gasteiger partial charge on any atom is -0.340 e. The topological polar surface area (TPSA) is 70.2 Å². The Balaban J connectivity index is 1.79. The molecule has 166 valence electrons. The molecule has 7 heteroatoms. The normalized spacial score (nSPS) is 12.0. The first kappa shape index (κ1) is 23.7. The minimum absolute atomic E-state index is 0.0215. The lowest BCUT2D eigenvalue weighted by Gasteiger charge is -2.33. The van der Waals surface area contributed by atoms with Crippen LogP contribution in [0.3, 0.4) is 0 Å². The molecule has 0 aliphatic heterocycles. The molecule has 0 spiro atoms. The highest BCUT2D eigenvalue weighted by atomic mass is 79.9. The van der Waals surface area contributed by atoms with Crippen molar-refractivity contribution < 1.29 is 4.79 Å². The van der Waals surface area contributed by atoms with Gasteiger partial charge in [0, 0.05) is 33.3 Å². The Morgan fingerprint density at radius 1 is 1.00 bits per heavy atom. The lowest BCUT2D eigenvalue weighted by atomic mass is 10.1. The SMILES string of the molecule is CC(C)N(C(C)C)C(C)C#CC(=O)Nc1ccc2ncnc(Nc3cccc(Br)c3)c2c1. The van der Waals surface area contributed by atoms with Crippen LogP contribution >= 0.6 is 15.9 Å². The molecule has 6 nitrogen and oxygen atoms in total. The molecule has 1 aromatic heterocycles. The molecular formula is C25H28BrN5O. The predicted octanol–water partition coefficient (Wildman–Crippen LogP) is 5.59. The summed E-state index contributed by atoms with van der Waals surface area (Å²) in [7, 11) is 0. The molecule has 0 saturated carbocycles. The molecule has 0 bridgehead atoms. The van der Waals surface area contributed by atoms with Crippen molar-refractivity contribution >= 4 is 49.9 Å². The first-order valence-corrected chi connectivity index (χ1v) is 11.4. The Hall–Kier alpha value is -2.95. The average molecular weight is 494 g/mol. The highest BCUT2D eigenvalue weighted by Gasteiger charge is 2.18. The van der Waals surface area contributed by atoms with Gasteiger partial charge in [0.2, 0.25) is 0 Å². The second-order valence-corrected chi connectivity index (χ2v) is 9.04. The van der Waals surface area contributed by atoms with Crippen molar-refractivity contribution in [3.05, 3.63) is 53.3 Å². The molecule has 2 N–H and O–H groups in total. The maximum atomic E-state index is 12.5. The van der Waals surface area contributed by atoms with Crippen molar-refractivity contribution in [3.8, 4) is 11.8 Å². The first-order chi connectivity index (χ1) is 15.2. The summed E-state index contributed by atoms with van der Waals surface area (Å²) in [6.45, 7) is 10.6. The summed E-state index contributed by atoms with van der Waals surface area (Å²) >= 11 is 3.48. The maximum Gasteiger partial charge on any atom is 0.300 e. The fourth-order valence-electron chi connectivity index (χ4n) is 3.83. The molecule has 3 aromatic rings. The monoisotopic (exact) mass is 493 g/mol. The van der Waals surface area contributed by atoms with Gasteiger partial charge >= 0.3 is 0 Å². The van der Waals surface area contributed by atoms with Crippen molar-refractivity contribution in [1.82, 2.24) is 14.9 Å². The van der Waals surface area contributed by atoms with Gasteiger partial charge in [-0.05, 0) is 76.9 Å². The van der Waals surface area contributed by atoms with Crippen LogP contribution in [-0.4, -0.2) is 38.9 Å². The third-order valence-corrected chi connectivity index (χ3v) is 5.51. The van der Waals surface area contributed by atoms with E-state index in [1.54, 1.807) is 0 Å². The van der Waals surface area contributed by atoms with Gasteiger partial charge in [0.15, 0.2) is 0 Å². The van der Waals surface area contributed by atoms with Crippen molar-refractivity contribution in [1.29, 1.82) is 0 Å². The van der Waals surface area contributed by atoms with E-state index in [4.69, 9.17) is 0 Å². The van der Waals surface area contributed by atoms with Crippen molar-refractivity contribution in [2.45, 2.75) is 52.7 Å². The summed E-state index contributed by atoms with van der Waals surface area (Å²) < 4.78 is 0.968. The number of nitrogens with one attached hydrogen (secondary N) is 2. The molecule has 0 radical (unpaired) electrons. The number of benzene rings is 2. The zero-order valence-electron chi connectivity index (χ0n) is 19.0. The Kier molecular flexibility index (Phi) is 7.84. The number of carbonyl (C=O) groups is 1. The second kappa shape index (κ2) is 10.6. The van der Waals surface area contributed by atoms with E-state index in [2.05, 4.69) is 81.0 Å². The molecule has 1 atom stereocenters. The summed E-state index contributed by atoms with van der Waals surface area (Å²) in [6, 6.07) is 14.0. The fraction of sp³-hybridized carbons (Fsp3) is 0.320. The van der Waals surface area contributed by atoms with E-state index in [9.17, 15) is 4.79 Å². The molecule has 0 saturated heterocycles. The van der Waals surface area contributed by atoms with Gasteiger partial charge in [-0.3, -0.25) is 9.69 Å². The number of amides is 1. The van der Waals surface area contributed by atoms with Crippen LogP contribution in [0.5, 0.6) is 0 Å². The minimum atomic E-state index is -0.345. The third kappa shape index (κ3) is 6.06. The quantitative estimate of drug-likeness (QED) is 0.438. The molecule has 1 heterocycles. The Morgan fingerprint density at radius 2 is 1.75 bits per heavy atom. The van der Waals surface area contributed by atoms with Gasteiger partial charge in [-0.1, -0.05) is 27.9 Å². The standard InChI is InChI=1S/C25H28BrN5O/c1-16(2)31(17(3)4)18(5)9-12-24(32)29-21-10-11-23-22(14-21)25(28-15-27-23)30-20-8-6-7-19(26)13-20/h6-8,10-11,13-18H,1-5H3,(H,29,32)(H,27,28,30). The van der Waals surface area contributed by atoms with Gasteiger partial charge in [0.05, 0.1) is 11.6 Å². The first-order valence-electron chi connectivity index (χ1n) is 10.6. The number of aromatic nitrogens is 2. The molecule has 1 unspecified atom stereocenters. The number of halogens is 1. The van der Waals surface area contributed by atoms with Gasteiger partial charge in [0.25, 0.3) is 5.91 Å². The van der Waals surface area contributed by atoms with Crippen LogP contribution in [0.25, 0.3) is 10.9 Å². The van der Waals surface area contributed by atoms with Crippen LogP contribution in [0, 0.1) is 11.8 Å². The van der Waals surface area contributed by atoms with Gasteiger partial charge in [-0.2, -0.15) is 0 Å². The lowest BCUT2D eigenvalue weighted by molar-refractivity contribution is -0.111. The van der Waals surface area contributed by atoms with Crippen LogP contribution in [0.2, 0.25) is 0 Å². The van der Waals surface area contributed by atoms with E-state index >= 15 is 0 Å². The number of anilines is 3. The molecular weight excluding hydrogens is 466 g/mol. The highest BCUT2D eigenvalue weighted by Crippen LogP contribution is 2.26. The fourth-order valence-corrected chi connectivity index (χ4v) is 4.23. The number of hydrogen-bond donors (Lipinski definition) is 2. The molecule has 0 fully saturated rings. The van der Waals surface area contributed by atoms with Gasteiger partial charge in [-0.25, -0.2) is 9.97 Å². The van der Waals surface area contributed by atoms with Crippen LogP contribution in [0.4, 0.5) is 17.2 Å². The number of hydrogen-bond acceptors (Lipinski definition) is 5. The summed E-state index contributed by atoms with van der Waals surface area (Å²) in [4.78, 5) is 23.5. The van der Waals surface area contributed by atoms with E-state index in [-0.39, 0.29) is 11.9 Å². The summed E-state index contributed by atoms with van der Waals surface area (Å²) in [5.41, 5.74) is 2.31. The largest absolute Gasteiger partial charge is 0.340 e. The smallest absolute Gasteiger partial charge is 0.300 e. The highest BCUT2D eigenvalue weighted by molar-refractivity contribution is 9.10. The zero-order chi connectivity index (χ0) is 23.3. The number of nitrogens with zero attached hydrogens (tertiary/aromatic N) is 3.